The van der Waals surface area contributed by atoms with E-state index in [1.54, 1.807) is 6.20 Å². The summed E-state index contributed by atoms with van der Waals surface area (Å²) in [5.41, 5.74) is 2.60. The fourth-order valence-corrected chi connectivity index (χ4v) is 2.24. The molecule has 104 valence electrons. The van der Waals surface area contributed by atoms with Crippen LogP contribution in [0.1, 0.15) is 27.5 Å². The molecule has 2 N–H and O–H groups in total. The highest BCUT2D eigenvalue weighted by Gasteiger charge is 2.17. The van der Waals surface area contributed by atoms with E-state index in [9.17, 15) is 4.79 Å². The third kappa shape index (κ3) is 3.00. The zero-order valence-corrected chi connectivity index (χ0v) is 11.4. The van der Waals surface area contributed by atoms with Crippen molar-refractivity contribution in [3.8, 4) is 0 Å². The Balaban J connectivity index is 1.92. The summed E-state index contributed by atoms with van der Waals surface area (Å²) >= 11 is 0. The molecule has 0 spiro atoms. The normalized spacial score (nSPS) is 10.5. The third-order valence-corrected chi connectivity index (χ3v) is 3.30. The van der Waals surface area contributed by atoms with Gasteiger partial charge in [0, 0.05) is 6.20 Å². The summed E-state index contributed by atoms with van der Waals surface area (Å²) in [6.45, 7) is 0. The molecular formula is C17H15N3O. The van der Waals surface area contributed by atoms with Gasteiger partial charge in [0.1, 0.15) is 0 Å². The molecule has 21 heavy (non-hydrogen) atoms. The number of benzene rings is 2. The van der Waals surface area contributed by atoms with Crippen molar-refractivity contribution < 1.29 is 4.79 Å². The molecule has 1 heterocycles. The van der Waals surface area contributed by atoms with Gasteiger partial charge in [-0.25, -0.2) is 0 Å². The molecule has 3 aromatic rings. The Labute approximate surface area is 122 Å². The molecular weight excluding hydrogens is 262 g/mol. The zero-order chi connectivity index (χ0) is 14.5. The number of carbonyl (C=O) groups excluding carboxylic acids is 1. The van der Waals surface area contributed by atoms with E-state index >= 15 is 0 Å². The van der Waals surface area contributed by atoms with Gasteiger partial charge >= 0.3 is 0 Å². The molecule has 0 aliphatic heterocycles. The number of carbonyl (C=O) groups is 1. The molecule has 4 nitrogen and oxygen atoms in total. The first-order chi connectivity index (χ1) is 10.3. The van der Waals surface area contributed by atoms with Crippen molar-refractivity contribution in [2.24, 2.45) is 0 Å². The summed E-state index contributed by atoms with van der Waals surface area (Å²) < 4.78 is 0. The molecule has 4 heteroatoms. The summed E-state index contributed by atoms with van der Waals surface area (Å²) in [7, 11) is 0. The monoisotopic (exact) mass is 277 g/mol. The number of nitrogens with zero attached hydrogens (tertiary/aromatic N) is 1. The van der Waals surface area contributed by atoms with Crippen molar-refractivity contribution in [2.45, 2.75) is 6.04 Å². The fraction of sp³-hybridized carbons (Fsp3) is 0.0588. The first kappa shape index (κ1) is 13.1. The van der Waals surface area contributed by atoms with Crippen molar-refractivity contribution in [3.63, 3.8) is 0 Å². The van der Waals surface area contributed by atoms with E-state index in [0.29, 0.717) is 5.56 Å². The largest absolute Gasteiger partial charge is 0.341 e. The lowest BCUT2D eigenvalue weighted by Crippen LogP contribution is -2.29. The molecule has 0 aliphatic rings. The average Bonchev–Trinajstić information content (AvgIpc) is 3.09. The second kappa shape index (κ2) is 6.05. The van der Waals surface area contributed by atoms with Crippen LogP contribution in [0.25, 0.3) is 0 Å². The van der Waals surface area contributed by atoms with E-state index in [4.69, 9.17) is 0 Å². The van der Waals surface area contributed by atoms with E-state index in [2.05, 4.69) is 15.5 Å². The number of hydrogen-bond acceptors (Lipinski definition) is 2. The Morgan fingerprint density at radius 3 is 2.00 bits per heavy atom. The van der Waals surface area contributed by atoms with Crippen molar-refractivity contribution >= 4 is 5.91 Å². The van der Waals surface area contributed by atoms with Gasteiger partial charge in [-0.15, -0.1) is 0 Å². The van der Waals surface area contributed by atoms with E-state index < -0.39 is 0 Å². The first-order valence-electron chi connectivity index (χ1n) is 6.74. The average molecular weight is 277 g/mol. The van der Waals surface area contributed by atoms with Gasteiger partial charge in [0.25, 0.3) is 5.91 Å². The van der Waals surface area contributed by atoms with Gasteiger partial charge in [-0.2, -0.15) is 5.10 Å². The predicted octanol–water partition coefficient (Wildman–Crippen LogP) is 2.93. The number of nitrogens with one attached hydrogen (secondary N) is 2. The maximum absolute atomic E-state index is 12.3. The molecule has 1 amide bonds. The van der Waals surface area contributed by atoms with Gasteiger partial charge in [0.05, 0.1) is 17.8 Å². The molecule has 0 aliphatic carbocycles. The summed E-state index contributed by atoms with van der Waals surface area (Å²) in [4.78, 5) is 12.3. The van der Waals surface area contributed by atoms with Crippen LogP contribution in [-0.2, 0) is 0 Å². The topological polar surface area (TPSA) is 57.8 Å². The molecule has 1 aromatic heterocycles. The smallest absolute Gasteiger partial charge is 0.255 e. The summed E-state index contributed by atoms with van der Waals surface area (Å²) in [5, 5.41) is 9.52. The van der Waals surface area contributed by atoms with Crippen LogP contribution in [-0.4, -0.2) is 16.1 Å². The van der Waals surface area contributed by atoms with E-state index in [-0.39, 0.29) is 11.9 Å². The number of hydrogen-bond donors (Lipinski definition) is 2. The molecule has 3 rings (SSSR count). The van der Waals surface area contributed by atoms with Crippen LogP contribution in [0.5, 0.6) is 0 Å². The minimum absolute atomic E-state index is 0.151. The molecule has 0 atom stereocenters. The van der Waals surface area contributed by atoms with Gasteiger partial charge in [-0.05, 0) is 11.1 Å². The molecule has 2 aromatic carbocycles. The van der Waals surface area contributed by atoms with Crippen molar-refractivity contribution in [1.82, 2.24) is 15.5 Å². The van der Waals surface area contributed by atoms with E-state index in [1.807, 2.05) is 60.7 Å². The number of rotatable bonds is 4. The van der Waals surface area contributed by atoms with E-state index in [1.165, 1.54) is 6.20 Å². The highest BCUT2D eigenvalue weighted by atomic mass is 16.1. The number of amides is 1. The van der Waals surface area contributed by atoms with Gasteiger partial charge in [-0.1, -0.05) is 60.7 Å². The molecule has 0 radical (unpaired) electrons. The van der Waals surface area contributed by atoms with Crippen molar-refractivity contribution in [3.05, 3.63) is 89.7 Å². The van der Waals surface area contributed by atoms with Crippen LogP contribution in [0.4, 0.5) is 0 Å². The Morgan fingerprint density at radius 2 is 1.52 bits per heavy atom. The first-order valence-corrected chi connectivity index (χ1v) is 6.74. The molecule has 0 saturated heterocycles. The van der Waals surface area contributed by atoms with Crippen LogP contribution >= 0.6 is 0 Å². The molecule has 0 saturated carbocycles. The Bertz CT molecular complexity index is 654. The predicted molar refractivity (Wildman–Crippen MR) is 80.8 cm³/mol. The SMILES string of the molecule is O=C(NC(c1ccccc1)c1ccccc1)c1cn[nH]c1. The standard InChI is InChI=1S/C17H15N3O/c21-17(15-11-18-19-12-15)20-16(13-7-3-1-4-8-13)14-9-5-2-6-10-14/h1-12,16H,(H,18,19)(H,20,21). The maximum atomic E-state index is 12.3. The van der Waals surface area contributed by atoms with Crippen molar-refractivity contribution in [1.29, 1.82) is 0 Å². The van der Waals surface area contributed by atoms with Crippen molar-refractivity contribution in [2.75, 3.05) is 0 Å². The second-order valence-corrected chi connectivity index (χ2v) is 4.71. The van der Waals surface area contributed by atoms with Gasteiger partial charge < -0.3 is 5.32 Å². The summed E-state index contributed by atoms with van der Waals surface area (Å²) in [5.74, 6) is -0.151. The molecule has 0 fully saturated rings. The minimum Gasteiger partial charge on any atom is -0.341 e. The quantitative estimate of drug-likeness (QED) is 0.770. The lowest BCUT2D eigenvalue weighted by molar-refractivity contribution is 0.0943. The highest BCUT2D eigenvalue weighted by Crippen LogP contribution is 2.22. The van der Waals surface area contributed by atoms with Crippen LogP contribution in [0.3, 0.4) is 0 Å². The van der Waals surface area contributed by atoms with Crippen LogP contribution in [0, 0.1) is 0 Å². The zero-order valence-electron chi connectivity index (χ0n) is 11.4. The van der Waals surface area contributed by atoms with Crippen LogP contribution in [0.2, 0.25) is 0 Å². The van der Waals surface area contributed by atoms with Gasteiger partial charge in [-0.3, -0.25) is 9.89 Å². The van der Waals surface area contributed by atoms with E-state index in [0.717, 1.165) is 11.1 Å². The number of aromatic amines is 1. The summed E-state index contributed by atoms with van der Waals surface area (Å²) in [6.07, 6.45) is 3.10. The lowest BCUT2D eigenvalue weighted by atomic mass is 9.98. The third-order valence-electron chi connectivity index (χ3n) is 3.30. The number of H-pyrrole nitrogens is 1. The molecule has 0 unspecified atom stereocenters. The minimum atomic E-state index is -0.185. The fourth-order valence-electron chi connectivity index (χ4n) is 2.24. The Morgan fingerprint density at radius 1 is 0.952 bits per heavy atom. The van der Waals surface area contributed by atoms with Gasteiger partial charge in [0.15, 0.2) is 0 Å². The van der Waals surface area contributed by atoms with Gasteiger partial charge in [0.2, 0.25) is 0 Å². The van der Waals surface area contributed by atoms with Crippen LogP contribution < -0.4 is 5.32 Å². The van der Waals surface area contributed by atoms with Crippen LogP contribution in [0.15, 0.2) is 73.1 Å². The highest BCUT2D eigenvalue weighted by molar-refractivity contribution is 5.94. The maximum Gasteiger partial charge on any atom is 0.255 e. The number of aromatic nitrogens is 2. The lowest BCUT2D eigenvalue weighted by Gasteiger charge is -2.19. The Hall–Kier alpha value is -2.88. The Kier molecular flexibility index (Phi) is 3.78. The molecule has 0 bridgehead atoms. The summed E-state index contributed by atoms with van der Waals surface area (Å²) in [6, 6.07) is 19.6. The second-order valence-electron chi connectivity index (χ2n) is 4.71.